The minimum Gasteiger partial charge on any atom is -0.385 e. The van der Waals surface area contributed by atoms with E-state index >= 15 is 0 Å². The van der Waals surface area contributed by atoms with Gasteiger partial charge in [0, 0.05) is 10.6 Å². The summed E-state index contributed by atoms with van der Waals surface area (Å²) in [7, 11) is -0.863. The van der Waals surface area contributed by atoms with Crippen LogP contribution in [0.5, 0.6) is 0 Å². The molecule has 3 unspecified atom stereocenters. The Balaban J connectivity index is 1.76. The highest BCUT2D eigenvalue weighted by atomic mass is 31.2. The van der Waals surface area contributed by atoms with Gasteiger partial charge < -0.3 is 23.2 Å². The molecule has 1 aliphatic carbocycles. The van der Waals surface area contributed by atoms with Crippen molar-refractivity contribution in [1.29, 1.82) is 0 Å². The summed E-state index contributed by atoms with van der Waals surface area (Å²) >= 11 is 0. The van der Waals surface area contributed by atoms with E-state index in [1.807, 2.05) is 0 Å². The molecular weight excluding hydrogens is 298 g/mol. The fraction of sp³-hybridized carbons (Fsp3) is 1.00. The third-order valence-corrected chi connectivity index (χ3v) is 6.78. The summed E-state index contributed by atoms with van der Waals surface area (Å²) in [6.45, 7) is 8.02. The molecule has 7 heteroatoms. The maximum Gasteiger partial charge on any atom is 0.176 e. The molecule has 0 bridgehead atoms. The van der Waals surface area contributed by atoms with Crippen molar-refractivity contribution in [3.63, 3.8) is 0 Å². The van der Waals surface area contributed by atoms with Crippen molar-refractivity contribution in [1.82, 2.24) is 0 Å². The Labute approximate surface area is 123 Å². The summed E-state index contributed by atoms with van der Waals surface area (Å²) in [5.41, 5.74) is -1.09. The molecule has 1 spiro atoms. The Bertz CT molecular complexity index is 360. The predicted octanol–water partition coefficient (Wildman–Crippen LogP) is 2.97. The lowest BCUT2D eigenvalue weighted by Crippen LogP contribution is -2.63. The average molecular weight is 322 g/mol. The van der Waals surface area contributed by atoms with Crippen LogP contribution in [0.4, 0.5) is 0 Å². The van der Waals surface area contributed by atoms with E-state index in [9.17, 15) is 5.11 Å². The van der Waals surface area contributed by atoms with Gasteiger partial charge in [0.1, 0.15) is 11.7 Å². The lowest BCUT2D eigenvalue weighted by molar-refractivity contribution is -0.203. The van der Waals surface area contributed by atoms with Crippen LogP contribution in [0.2, 0.25) is 0 Å². The standard InChI is InChI=1S/C13H24O5P2/c1-11(2,3)20-16-7-12(8-17-20)5-4-6-13(14)9-15-19-18-10(12)13/h10,14,19H,4-9H2,1-3H3. The first-order valence-electron chi connectivity index (χ1n) is 7.17. The van der Waals surface area contributed by atoms with Gasteiger partial charge in [-0.1, -0.05) is 20.8 Å². The van der Waals surface area contributed by atoms with Crippen LogP contribution in [0, 0.1) is 5.41 Å². The molecule has 116 valence electrons. The molecule has 1 N–H and O–H groups in total. The van der Waals surface area contributed by atoms with E-state index < -0.39 is 14.0 Å². The Kier molecular flexibility index (Phi) is 4.19. The second-order valence-corrected chi connectivity index (χ2v) is 10.2. The normalized spacial score (nSPS) is 47.4. The van der Waals surface area contributed by atoms with Crippen LogP contribution in [-0.2, 0) is 18.1 Å². The Morgan fingerprint density at radius 2 is 1.85 bits per heavy atom. The van der Waals surface area contributed by atoms with Crippen LogP contribution in [-0.4, -0.2) is 41.8 Å². The Morgan fingerprint density at radius 1 is 1.15 bits per heavy atom. The summed E-state index contributed by atoms with van der Waals surface area (Å²) in [6, 6.07) is 0. The molecule has 1 saturated carbocycles. The summed E-state index contributed by atoms with van der Waals surface area (Å²) in [6.07, 6.45) is 2.45. The van der Waals surface area contributed by atoms with Crippen LogP contribution >= 0.6 is 17.4 Å². The van der Waals surface area contributed by atoms with E-state index in [0.29, 0.717) is 19.8 Å². The minimum absolute atomic E-state index is 0.00789. The number of rotatable bonds is 0. The smallest absolute Gasteiger partial charge is 0.176 e. The summed E-state index contributed by atoms with van der Waals surface area (Å²) in [5, 5.41) is 10.8. The third-order valence-electron chi connectivity index (χ3n) is 4.36. The van der Waals surface area contributed by atoms with Gasteiger partial charge in [-0.2, -0.15) is 0 Å². The van der Waals surface area contributed by atoms with Crippen LogP contribution in [0.3, 0.4) is 0 Å². The zero-order valence-corrected chi connectivity index (χ0v) is 14.2. The lowest BCUT2D eigenvalue weighted by Gasteiger charge is -2.55. The van der Waals surface area contributed by atoms with Gasteiger partial charge in [0.25, 0.3) is 0 Å². The third kappa shape index (κ3) is 2.67. The molecule has 20 heavy (non-hydrogen) atoms. The molecular formula is C13H24O5P2. The van der Waals surface area contributed by atoms with Crippen molar-refractivity contribution in [2.24, 2.45) is 5.41 Å². The van der Waals surface area contributed by atoms with Gasteiger partial charge in [-0.15, -0.1) is 0 Å². The fourth-order valence-electron chi connectivity index (χ4n) is 3.33. The second kappa shape index (κ2) is 5.38. The first-order chi connectivity index (χ1) is 9.36. The molecule has 0 radical (unpaired) electrons. The maximum absolute atomic E-state index is 10.8. The van der Waals surface area contributed by atoms with Gasteiger partial charge in [-0.3, -0.25) is 0 Å². The van der Waals surface area contributed by atoms with E-state index in [-0.39, 0.29) is 25.7 Å². The average Bonchev–Trinajstić information content (AvgIpc) is 2.38. The van der Waals surface area contributed by atoms with E-state index in [2.05, 4.69) is 20.8 Å². The number of fused-ring (bicyclic) bond motifs is 2. The van der Waals surface area contributed by atoms with E-state index in [0.717, 1.165) is 19.3 Å². The van der Waals surface area contributed by atoms with Gasteiger partial charge in [0.05, 0.1) is 19.8 Å². The topological polar surface area (TPSA) is 57.2 Å². The molecule has 2 aliphatic heterocycles. The molecule has 0 aromatic heterocycles. The van der Waals surface area contributed by atoms with E-state index in [1.165, 1.54) is 0 Å². The number of hydrogen-bond donors (Lipinski definition) is 1. The van der Waals surface area contributed by atoms with E-state index in [4.69, 9.17) is 18.1 Å². The number of hydrogen-bond acceptors (Lipinski definition) is 5. The van der Waals surface area contributed by atoms with E-state index in [1.54, 1.807) is 0 Å². The quantitative estimate of drug-likeness (QED) is 0.695. The molecule has 5 nitrogen and oxygen atoms in total. The molecule has 3 rings (SSSR count). The zero-order chi connectivity index (χ0) is 14.4. The SMILES string of the molecule is CC(C)(C)P1OCC2(CCCC3(O)COPOC32)CO1. The molecule has 3 atom stereocenters. The zero-order valence-electron chi connectivity index (χ0n) is 12.3. The first kappa shape index (κ1) is 15.6. The monoisotopic (exact) mass is 322 g/mol. The lowest BCUT2D eigenvalue weighted by atomic mass is 9.66. The van der Waals surface area contributed by atoms with Gasteiger partial charge >= 0.3 is 0 Å². The summed E-state index contributed by atoms with van der Waals surface area (Å²) in [5.74, 6) is 0. The molecule has 2 heterocycles. The Morgan fingerprint density at radius 3 is 2.50 bits per heavy atom. The van der Waals surface area contributed by atoms with Crippen molar-refractivity contribution in [3.8, 4) is 0 Å². The second-order valence-electron chi connectivity index (χ2n) is 7.16. The van der Waals surface area contributed by atoms with Crippen LogP contribution in [0.1, 0.15) is 40.0 Å². The van der Waals surface area contributed by atoms with Gasteiger partial charge in [-0.05, 0) is 19.3 Å². The van der Waals surface area contributed by atoms with Crippen molar-refractivity contribution in [2.75, 3.05) is 19.8 Å². The Hall–Kier alpha value is 0.660. The minimum atomic E-state index is -0.877. The van der Waals surface area contributed by atoms with Gasteiger partial charge in [0.15, 0.2) is 17.4 Å². The molecule has 3 aliphatic rings. The van der Waals surface area contributed by atoms with Gasteiger partial charge in [-0.25, -0.2) is 0 Å². The molecule has 0 amide bonds. The molecule has 3 fully saturated rings. The summed E-state index contributed by atoms with van der Waals surface area (Å²) < 4.78 is 23.2. The van der Waals surface area contributed by atoms with Crippen molar-refractivity contribution in [3.05, 3.63) is 0 Å². The molecule has 0 aromatic rings. The van der Waals surface area contributed by atoms with Crippen molar-refractivity contribution >= 4 is 17.4 Å². The highest BCUT2D eigenvalue weighted by Gasteiger charge is 2.58. The molecule has 2 saturated heterocycles. The number of aliphatic hydroxyl groups is 1. The fourth-order valence-corrected chi connectivity index (χ4v) is 5.87. The highest BCUT2D eigenvalue weighted by Crippen LogP contribution is 2.60. The first-order valence-corrected chi connectivity index (χ1v) is 9.16. The van der Waals surface area contributed by atoms with Crippen LogP contribution in [0.25, 0.3) is 0 Å². The maximum atomic E-state index is 10.8. The summed E-state index contributed by atoms with van der Waals surface area (Å²) in [4.78, 5) is 0. The van der Waals surface area contributed by atoms with Crippen molar-refractivity contribution in [2.45, 2.75) is 56.9 Å². The highest BCUT2D eigenvalue weighted by molar-refractivity contribution is 7.49. The van der Waals surface area contributed by atoms with Crippen LogP contribution < -0.4 is 0 Å². The van der Waals surface area contributed by atoms with Crippen molar-refractivity contribution < 1.29 is 23.2 Å². The van der Waals surface area contributed by atoms with Gasteiger partial charge in [0.2, 0.25) is 0 Å². The largest absolute Gasteiger partial charge is 0.385 e. The van der Waals surface area contributed by atoms with Crippen LogP contribution in [0.15, 0.2) is 0 Å². The molecule has 0 aromatic carbocycles. The predicted molar refractivity (Wildman–Crippen MR) is 79.0 cm³/mol.